The molecule has 9 heteroatoms. The third kappa shape index (κ3) is 5.97. The van der Waals surface area contributed by atoms with E-state index < -0.39 is 16.4 Å². The highest BCUT2D eigenvalue weighted by Crippen LogP contribution is 2.15. The maximum Gasteiger partial charge on any atom is 0.346 e. The third-order valence-corrected chi connectivity index (χ3v) is 3.27. The minimum Gasteiger partial charge on any atom is -0.726 e. The van der Waals surface area contributed by atoms with Gasteiger partial charge in [0, 0.05) is 6.92 Å². The molecule has 2 N–H and O–H groups in total. The molecule has 0 spiro atoms. The van der Waals surface area contributed by atoms with Crippen LogP contribution in [-0.4, -0.2) is 33.2 Å². The molecular formula is C14H20N2O6S. The van der Waals surface area contributed by atoms with E-state index in [-0.39, 0.29) is 6.54 Å². The minimum atomic E-state index is -4.92. The first-order chi connectivity index (χ1) is 10.6. The fourth-order valence-electron chi connectivity index (χ4n) is 2.35. The molecule has 0 saturated carbocycles. The van der Waals surface area contributed by atoms with Gasteiger partial charge < -0.3 is 9.66 Å². The number of fused-ring (bicyclic) bond motifs is 1. The number of rotatable bonds is 5. The molecule has 1 aromatic carbocycles. The van der Waals surface area contributed by atoms with E-state index in [0.29, 0.717) is 0 Å². The summed E-state index contributed by atoms with van der Waals surface area (Å²) in [5.41, 5.74) is 2.11. The Hall–Kier alpha value is -1.97. The summed E-state index contributed by atoms with van der Waals surface area (Å²) in [4.78, 5) is 11.0. The molecule has 0 radical (unpaired) electrons. The number of unbranched alkanes of at least 4 members (excludes halogenated alkanes) is 1. The Morgan fingerprint density at radius 1 is 1.35 bits per heavy atom. The maximum absolute atomic E-state index is 11.0. The van der Waals surface area contributed by atoms with Gasteiger partial charge in [0.15, 0.2) is 17.6 Å². The van der Waals surface area contributed by atoms with E-state index in [1.807, 2.05) is 29.7 Å². The molecule has 0 bridgehead atoms. The maximum atomic E-state index is 11.0. The molecule has 0 fully saturated rings. The number of para-hydroxylation sites is 2. The van der Waals surface area contributed by atoms with Crippen molar-refractivity contribution in [3.63, 3.8) is 0 Å². The number of hydrogen-bond donors (Lipinski definition) is 2. The lowest BCUT2D eigenvalue weighted by atomic mass is 10.3. The number of aliphatic carboxylic acids is 1. The molecule has 2 aromatic rings. The Bertz CT molecular complexity index is 774. The Morgan fingerprint density at radius 2 is 1.91 bits per heavy atom. The average molecular weight is 344 g/mol. The molecule has 0 saturated heterocycles. The highest BCUT2D eigenvalue weighted by molar-refractivity contribution is 7.79. The zero-order valence-electron chi connectivity index (χ0n) is 13.0. The number of aromatic nitrogens is 2. The van der Waals surface area contributed by atoms with Crippen molar-refractivity contribution >= 4 is 27.4 Å². The molecule has 2 rings (SSSR count). The molecule has 8 nitrogen and oxygen atoms in total. The van der Waals surface area contributed by atoms with Crippen molar-refractivity contribution < 1.29 is 32.0 Å². The molecule has 0 atom stereocenters. The van der Waals surface area contributed by atoms with Gasteiger partial charge in [-0.15, -0.1) is 0 Å². The van der Waals surface area contributed by atoms with Gasteiger partial charge in [-0.3, -0.25) is 4.55 Å². The van der Waals surface area contributed by atoms with Gasteiger partial charge in [0.25, 0.3) is 5.82 Å². The molecule has 1 aromatic heterocycles. The zero-order chi connectivity index (χ0) is 17.6. The van der Waals surface area contributed by atoms with E-state index in [4.69, 9.17) is 22.6 Å². The summed E-state index contributed by atoms with van der Waals surface area (Å²) in [6.45, 7) is 5.10. The van der Waals surface area contributed by atoms with Gasteiger partial charge in [-0.2, -0.15) is 0 Å². The quantitative estimate of drug-likeness (QED) is 0.476. The van der Waals surface area contributed by atoms with Crippen LogP contribution >= 0.6 is 0 Å². The van der Waals surface area contributed by atoms with Crippen LogP contribution in [0.2, 0.25) is 0 Å². The van der Waals surface area contributed by atoms with E-state index in [1.54, 1.807) is 0 Å². The fourth-order valence-corrected chi connectivity index (χ4v) is 2.35. The lowest BCUT2D eigenvalue weighted by Crippen LogP contribution is -2.40. The Kier molecular flexibility index (Phi) is 6.67. The SMILES string of the molecule is CCCCn1c(C)[n+](CC(=O)O)c2ccccc21.O=S(=O)([O-])O. The second-order valence-corrected chi connectivity index (χ2v) is 5.80. The van der Waals surface area contributed by atoms with Gasteiger partial charge in [0.1, 0.15) is 0 Å². The summed E-state index contributed by atoms with van der Waals surface area (Å²) in [5.74, 6) is 0.202. The van der Waals surface area contributed by atoms with E-state index in [2.05, 4.69) is 17.6 Å². The van der Waals surface area contributed by atoms with E-state index in [0.717, 1.165) is 36.2 Å². The van der Waals surface area contributed by atoms with Gasteiger partial charge in [0.2, 0.25) is 10.4 Å². The number of carboxylic acid groups (broad SMARTS) is 1. The van der Waals surface area contributed by atoms with Crippen molar-refractivity contribution in [2.75, 3.05) is 0 Å². The highest BCUT2D eigenvalue weighted by atomic mass is 32.3. The molecule has 0 aliphatic rings. The fraction of sp³-hybridized carbons (Fsp3) is 0.429. The van der Waals surface area contributed by atoms with Gasteiger partial charge >= 0.3 is 5.97 Å². The van der Waals surface area contributed by atoms with Crippen molar-refractivity contribution in [2.45, 2.75) is 39.8 Å². The summed E-state index contributed by atoms with van der Waals surface area (Å²) in [6, 6.07) is 7.98. The zero-order valence-corrected chi connectivity index (χ0v) is 13.8. The number of carbonyl (C=O) groups is 1. The third-order valence-electron chi connectivity index (χ3n) is 3.27. The monoisotopic (exact) mass is 344 g/mol. The topological polar surface area (TPSA) is 124 Å². The van der Waals surface area contributed by atoms with Crippen molar-refractivity contribution in [3.8, 4) is 0 Å². The molecule has 0 aliphatic heterocycles. The number of imidazole rings is 1. The summed E-state index contributed by atoms with van der Waals surface area (Å²) in [7, 11) is -4.92. The van der Waals surface area contributed by atoms with Crippen LogP contribution in [0.3, 0.4) is 0 Å². The van der Waals surface area contributed by atoms with Crippen LogP contribution in [0.25, 0.3) is 11.0 Å². The van der Waals surface area contributed by atoms with Crippen molar-refractivity contribution in [1.82, 2.24) is 4.57 Å². The van der Waals surface area contributed by atoms with Crippen molar-refractivity contribution in [3.05, 3.63) is 30.1 Å². The normalized spacial score (nSPS) is 11.1. The molecular weight excluding hydrogens is 324 g/mol. The summed E-state index contributed by atoms with van der Waals surface area (Å²) >= 11 is 0. The van der Waals surface area contributed by atoms with Crippen LogP contribution in [0.5, 0.6) is 0 Å². The van der Waals surface area contributed by atoms with Crippen LogP contribution in [-0.2, 0) is 28.3 Å². The molecule has 23 heavy (non-hydrogen) atoms. The predicted molar refractivity (Wildman–Crippen MR) is 81.7 cm³/mol. The number of carboxylic acids is 1. The molecule has 0 aliphatic carbocycles. The van der Waals surface area contributed by atoms with Crippen LogP contribution < -0.4 is 4.57 Å². The largest absolute Gasteiger partial charge is 0.726 e. The molecule has 128 valence electrons. The second-order valence-electron chi connectivity index (χ2n) is 4.95. The average Bonchev–Trinajstić information content (AvgIpc) is 2.68. The first-order valence-corrected chi connectivity index (χ1v) is 8.39. The summed E-state index contributed by atoms with van der Waals surface area (Å²) in [5, 5.41) is 9.01. The van der Waals surface area contributed by atoms with Gasteiger partial charge in [0.05, 0.1) is 6.54 Å². The number of benzene rings is 1. The van der Waals surface area contributed by atoms with Crippen LogP contribution in [0.4, 0.5) is 0 Å². The van der Waals surface area contributed by atoms with Gasteiger partial charge in [-0.05, 0) is 18.6 Å². The van der Waals surface area contributed by atoms with Crippen molar-refractivity contribution in [2.24, 2.45) is 0 Å². The lowest BCUT2D eigenvalue weighted by molar-refractivity contribution is -0.667. The first-order valence-electron chi connectivity index (χ1n) is 7.03. The molecule has 0 amide bonds. The summed E-state index contributed by atoms with van der Waals surface area (Å²) < 4.78 is 36.9. The van der Waals surface area contributed by atoms with E-state index in [9.17, 15) is 4.79 Å². The standard InChI is InChI=1S/C14H18N2O2.H2O4S/c1-3-4-9-15-11(2)16(10-14(17)18)13-8-6-5-7-12(13)15;1-5(2,3)4/h5-8H,3-4,9-10H2,1-2H3;(H2,1,2,3,4). The van der Waals surface area contributed by atoms with E-state index >= 15 is 0 Å². The minimum absolute atomic E-state index is 0.0193. The van der Waals surface area contributed by atoms with Crippen LogP contribution in [0, 0.1) is 6.92 Å². The smallest absolute Gasteiger partial charge is 0.346 e. The second kappa shape index (κ2) is 8.04. The lowest BCUT2D eigenvalue weighted by Gasteiger charge is -1.99. The first kappa shape index (κ1) is 19.1. The predicted octanol–water partition coefficient (Wildman–Crippen LogP) is 1.13. The van der Waals surface area contributed by atoms with Crippen molar-refractivity contribution in [1.29, 1.82) is 0 Å². The number of nitrogens with zero attached hydrogens (tertiary/aromatic N) is 2. The van der Waals surface area contributed by atoms with E-state index in [1.165, 1.54) is 0 Å². The van der Waals surface area contributed by atoms with Gasteiger partial charge in [-0.1, -0.05) is 25.5 Å². The molecule has 1 heterocycles. The Labute approximate surface area is 134 Å². The number of aryl methyl sites for hydroxylation is 1. The highest BCUT2D eigenvalue weighted by Gasteiger charge is 2.22. The summed E-state index contributed by atoms with van der Waals surface area (Å²) in [6.07, 6.45) is 2.23. The van der Waals surface area contributed by atoms with Crippen LogP contribution in [0.15, 0.2) is 24.3 Å². The number of hydrogen-bond acceptors (Lipinski definition) is 4. The van der Waals surface area contributed by atoms with Gasteiger partial charge in [-0.25, -0.2) is 22.3 Å². The van der Waals surface area contributed by atoms with Crippen LogP contribution in [0.1, 0.15) is 25.6 Å². The molecule has 0 unspecified atom stereocenters. The Balaban J connectivity index is 0.000000463. The Morgan fingerprint density at radius 3 is 2.43 bits per heavy atom.